The van der Waals surface area contributed by atoms with E-state index < -0.39 is 0 Å². The van der Waals surface area contributed by atoms with Crippen LogP contribution in [0.5, 0.6) is 0 Å². The first kappa shape index (κ1) is 12.8. The fourth-order valence-electron chi connectivity index (χ4n) is 2.53. The maximum atomic E-state index is 6.43. The average molecular weight is 239 g/mol. The lowest BCUT2D eigenvalue weighted by molar-refractivity contribution is 0.846. The number of aryl methyl sites for hydroxylation is 3. The van der Waals surface area contributed by atoms with Crippen molar-refractivity contribution in [3.05, 3.63) is 70.3 Å². The molecule has 0 radical (unpaired) electrons. The zero-order valence-electron chi connectivity index (χ0n) is 11.4. The normalized spacial score (nSPS) is 12.4. The Morgan fingerprint density at radius 3 is 2.22 bits per heavy atom. The van der Waals surface area contributed by atoms with Gasteiger partial charge in [-0.3, -0.25) is 0 Å². The number of benzene rings is 2. The minimum Gasteiger partial charge on any atom is -0.320 e. The van der Waals surface area contributed by atoms with Gasteiger partial charge in [-0.05, 0) is 37.0 Å². The van der Waals surface area contributed by atoms with Crippen molar-refractivity contribution >= 4 is 0 Å². The topological polar surface area (TPSA) is 26.0 Å². The van der Waals surface area contributed by atoms with Crippen LogP contribution in [0.1, 0.15) is 40.8 Å². The Hall–Kier alpha value is -1.60. The van der Waals surface area contributed by atoms with Gasteiger partial charge in [-0.1, -0.05) is 60.5 Å². The van der Waals surface area contributed by atoms with Crippen LogP contribution in [-0.2, 0) is 6.42 Å². The lowest BCUT2D eigenvalue weighted by Gasteiger charge is -2.17. The molecule has 0 amide bonds. The molecule has 1 unspecified atom stereocenters. The lowest BCUT2D eigenvalue weighted by Crippen LogP contribution is -2.14. The summed E-state index contributed by atoms with van der Waals surface area (Å²) in [4.78, 5) is 0. The Kier molecular flexibility index (Phi) is 3.83. The SMILES string of the molecule is CCc1ccccc1C(N)c1cc(C)cc(C)c1. The van der Waals surface area contributed by atoms with E-state index >= 15 is 0 Å². The van der Waals surface area contributed by atoms with Gasteiger partial charge in [-0.25, -0.2) is 0 Å². The first-order chi connectivity index (χ1) is 8.61. The molecule has 2 N–H and O–H groups in total. The second-order valence-corrected chi connectivity index (χ2v) is 4.95. The molecule has 2 aromatic carbocycles. The summed E-state index contributed by atoms with van der Waals surface area (Å²) >= 11 is 0. The molecular weight excluding hydrogens is 218 g/mol. The fraction of sp³-hybridized carbons (Fsp3) is 0.294. The van der Waals surface area contributed by atoms with E-state index in [1.807, 2.05) is 0 Å². The standard InChI is InChI=1S/C17H21N/c1-4-14-7-5-6-8-16(14)17(18)15-10-12(2)9-13(3)11-15/h5-11,17H,4,18H2,1-3H3. The predicted molar refractivity (Wildman–Crippen MR) is 77.8 cm³/mol. The Morgan fingerprint density at radius 2 is 1.61 bits per heavy atom. The molecule has 2 aromatic rings. The Labute approximate surface area is 110 Å². The van der Waals surface area contributed by atoms with Gasteiger partial charge in [-0.15, -0.1) is 0 Å². The molecule has 0 heterocycles. The Morgan fingerprint density at radius 1 is 1.00 bits per heavy atom. The van der Waals surface area contributed by atoms with Crippen LogP contribution < -0.4 is 5.73 Å². The van der Waals surface area contributed by atoms with Crippen molar-refractivity contribution in [3.8, 4) is 0 Å². The molecule has 0 saturated carbocycles. The van der Waals surface area contributed by atoms with Crippen LogP contribution in [0.15, 0.2) is 42.5 Å². The van der Waals surface area contributed by atoms with E-state index in [4.69, 9.17) is 5.73 Å². The summed E-state index contributed by atoms with van der Waals surface area (Å²) in [6.45, 7) is 6.41. The molecule has 0 spiro atoms. The molecule has 1 nitrogen and oxygen atoms in total. The summed E-state index contributed by atoms with van der Waals surface area (Å²) in [6, 6.07) is 15.0. The van der Waals surface area contributed by atoms with Crippen molar-refractivity contribution in [2.24, 2.45) is 5.73 Å². The van der Waals surface area contributed by atoms with E-state index in [1.54, 1.807) is 0 Å². The van der Waals surface area contributed by atoms with Crippen molar-refractivity contribution in [2.45, 2.75) is 33.2 Å². The van der Waals surface area contributed by atoms with Gasteiger partial charge in [0, 0.05) is 0 Å². The summed E-state index contributed by atoms with van der Waals surface area (Å²) in [5.41, 5.74) is 12.8. The van der Waals surface area contributed by atoms with E-state index in [9.17, 15) is 0 Å². The molecule has 1 heteroatoms. The van der Waals surface area contributed by atoms with Gasteiger partial charge in [0.1, 0.15) is 0 Å². The molecule has 0 bridgehead atoms. The Bertz CT molecular complexity index is 523. The molecule has 0 aliphatic carbocycles. The summed E-state index contributed by atoms with van der Waals surface area (Å²) in [5, 5.41) is 0. The second-order valence-electron chi connectivity index (χ2n) is 4.95. The highest BCUT2D eigenvalue weighted by Gasteiger charge is 2.12. The van der Waals surface area contributed by atoms with Gasteiger partial charge >= 0.3 is 0 Å². The van der Waals surface area contributed by atoms with E-state index in [2.05, 4.69) is 63.2 Å². The van der Waals surface area contributed by atoms with E-state index in [0.29, 0.717) is 0 Å². The van der Waals surface area contributed by atoms with Gasteiger partial charge < -0.3 is 5.73 Å². The highest BCUT2D eigenvalue weighted by atomic mass is 14.6. The van der Waals surface area contributed by atoms with Crippen LogP contribution in [0.25, 0.3) is 0 Å². The van der Waals surface area contributed by atoms with Crippen LogP contribution in [0.2, 0.25) is 0 Å². The molecule has 18 heavy (non-hydrogen) atoms. The lowest BCUT2D eigenvalue weighted by atomic mass is 9.92. The predicted octanol–water partition coefficient (Wildman–Crippen LogP) is 3.91. The van der Waals surface area contributed by atoms with Gasteiger partial charge in [0.25, 0.3) is 0 Å². The first-order valence-corrected chi connectivity index (χ1v) is 6.53. The van der Waals surface area contributed by atoms with Gasteiger partial charge in [0.15, 0.2) is 0 Å². The quantitative estimate of drug-likeness (QED) is 0.863. The smallest absolute Gasteiger partial charge is 0.0554 e. The van der Waals surface area contributed by atoms with Crippen molar-refractivity contribution in [1.82, 2.24) is 0 Å². The number of rotatable bonds is 3. The molecular formula is C17H21N. The number of hydrogen-bond donors (Lipinski definition) is 1. The van der Waals surface area contributed by atoms with Crippen LogP contribution >= 0.6 is 0 Å². The van der Waals surface area contributed by atoms with Crippen LogP contribution in [0.4, 0.5) is 0 Å². The fourth-order valence-corrected chi connectivity index (χ4v) is 2.53. The van der Waals surface area contributed by atoms with E-state index in [1.165, 1.54) is 27.8 Å². The maximum absolute atomic E-state index is 6.43. The van der Waals surface area contributed by atoms with E-state index in [-0.39, 0.29) is 6.04 Å². The summed E-state index contributed by atoms with van der Waals surface area (Å²) < 4.78 is 0. The van der Waals surface area contributed by atoms with Crippen molar-refractivity contribution in [2.75, 3.05) is 0 Å². The largest absolute Gasteiger partial charge is 0.320 e. The summed E-state index contributed by atoms with van der Waals surface area (Å²) in [6.07, 6.45) is 1.02. The number of hydrogen-bond acceptors (Lipinski definition) is 1. The zero-order valence-corrected chi connectivity index (χ0v) is 11.4. The molecule has 0 aromatic heterocycles. The third kappa shape index (κ3) is 2.62. The monoisotopic (exact) mass is 239 g/mol. The van der Waals surface area contributed by atoms with Gasteiger partial charge in [-0.2, -0.15) is 0 Å². The average Bonchev–Trinajstić information content (AvgIpc) is 2.36. The molecule has 0 aliphatic heterocycles. The van der Waals surface area contributed by atoms with Crippen LogP contribution in [0, 0.1) is 13.8 Å². The highest BCUT2D eigenvalue weighted by Crippen LogP contribution is 2.24. The zero-order chi connectivity index (χ0) is 13.1. The third-order valence-corrected chi connectivity index (χ3v) is 3.37. The molecule has 1 atom stereocenters. The molecule has 0 fully saturated rings. The Balaban J connectivity index is 2.44. The van der Waals surface area contributed by atoms with Crippen molar-refractivity contribution in [3.63, 3.8) is 0 Å². The molecule has 0 saturated heterocycles. The summed E-state index contributed by atoms with van der Waals surface area (Å²) in [7, 11) is 0. The van der Waals surface area contributed by atoms with E-state index in [0.717, 1.165) is 6.42 Å². The second kappa shape index (κ2) is 5.36. The molecule has 94 valence electrons. The third-order valence-electron chi connectivity index (χ3n) is 3.37. The molecule has 2 rings (SSSR count). The highest BCUT2D eigenvalue weighted by molar-refractivity contribution is 5.40. The minimum atomic E-state index is -0.0280. The minimum absolute atomic E-state index is 0.0280. The van der Waals surface area contributed by atoms with Crippen LogP contribution in [0.3, 0.4) is 0 Å². The van der Waals surface area contributed by atoms with Crippen molar-refractivity contribution in [1.29, 1.82) is 0 Å². The first-order valence-electron chi connectivity index (χ1n) is 6.53. The van der Waals surface area contributed by atoms with Gasteiger partial charge in [0.2, 0.25) is 0 Å². The maximum Gasteiger partial charge on any atom is 0.0554 e. The number of nitrogens with two attached hydrogens (primary N) is 1. The van der Waals surface area contributed by atoms with Gasteiger partial charge in [0.05, 0.1) is 6.04 Å². The summed E-state index contributed by atoms with van der Waals surface area (Å²) in [5.74, 6) is 0. The molecule has 0 aliphatic rings. The van der Waals surface area contributed by atoms with Crippen LogP contribution in [-0.4, -0.2) is 0 Å². The van der Waals surface area contributed by atoms with Crippen molar-refractivity contribution < 1.29 is 0 Å².